The largest absolute Gasteiger partial charge is 0.317 e. The fourth-order valence-electron chi connectivity index (χ4n) is 1.93. The molecule has 0 spiro atoms. The highest BCUT2D eigenvalue weighted by Gasteiger charge is 2.11. The Morgan fingerprint density at radius 3 is 2.87 bits per heavy atom. The van der Waals surface area contributed by atoms with E-state index in [4.69, 9.17) is 11.6 Å². The van der Waals surface area contributed by atoms with Gasteiger partial charge in [0.1, 0.15) is 0 Å². The quantitative estimate of drug-likeness (QED) is 0.851. The fraction of sp³-hybridized carbons (Fsp3) is 0.636. The number of piperidine rings is 1. The highest BCUT2D eigenvalue weighted by molar-refractivity contribution is 7.16. The van der Waals surface area contributed by atoms with E-state index in [1.165, 1.54) is 30.8 Å². The molecule has 0 aromatic carbocycles. The van der Waals surface area contributed by atoms with E-state index in [0.29, 0.717) is 0 Å². The van der Waals surface area contributed by atoms with Gasteiger partial charge in [0, 0.05) is 11.4 Å². The van der Waals surface area contributed by atoms with Gasteiger partial charge < -0.3 is 10.6 Å². The smallest absolute Gasteiger partial charge is 0.0931 e. The molecular formula is C11H17ClN2S. The molecule has 1 saturated heterocycles. The summed E-state index contributed by atoms with van der Waals surface area (Å²) in [6.07, 6.45) is 2.61. The molecule has 1 fully saturated rings. The molecule has 1 aromatic heterocycles. The van der Waals surface area contributed by atoms with Crippen LogP contribution >= 0.6 is 22.9 Å². The van der Waals surface area contributed by atoms with E-state index in [-0.39, 0.29) is 0 Å². The maximum absolute atomic E-state index is 5.87. The third-order valence-electron chi connectivity index (χ3n) is 2.82. The van der Waals surface area contributed by atoms with Crippen LogP contribution in [0.3, 0.4) is 0 Å². The first kappa shape index (κ1) is 11.4. The van der Waals surface area contributed by atoms with Gasteiger partial charge in [0.25, 0.3) is 0 Å². The number of rotatable bonds is 4. The van der Waals surface area contributed by atoms with Gasteiger partial charge in [0.15, 0.2) is 0 Å². The molecule has 1 aliphatic rings. The fourth-order valence-corrected chi connectivity index (χ4v) is 2.99. The number of hydrogen-bond acceptors (Lipinski definition) is 3. The molecule has 0 saturated carbocycles. The highest BCUT2D eigenvalue weighted by atomic mass is 35.5. The van der Waals surface area contributed by atoms with Gasteiger partial charge >= 0.3 is 0 Å². The molecule has 0 unspecified atom stereocenters. The predicted octanol–water partition coefficient (Wildman–Crippen LogP) is 2.49. The summed E-state index contributed by atoms with van der Waals surface area (Å²) in [5.41, 5.74) is 0. The van der Waals surface area contributed by atoms with Crippen molar-refractivity contribution in [2.45, 2.75) is 19.4 Å². The Labute approximate surface area is 100 Å². The van der Waals surface area contributed by atoms with Crippen LogP contribution in [-0.4, -0.2) is 19.6 Å². The van der Waals surface area contributed by atoms with Crippen molar-refractivity contribution < 1.29 is 0 Å². The maximum atomic E-state index is 5.87. The minimum absolute atomic E-state index is 0.849. The molecule has 84 valence electrons. The Kier molecular flexibility index (Phi) is 4.44. The number of hydrogen-bond donors (Lipinski definition) is 2. The van der Waals surface area contributed by atoms with Crippen LogP contribution in [0.25, 0.3) is 0 Å². The van der Waals surface area contributed by atoms with E-state index in [1.807, 2.05) is 6.07 Å². The molecule has 4 heteroatoms. The average Bonchev–Trinajstić information content (AvgIpc) is 2.66. The Bertz CT molecular complexity index is 295. The summed E-state index contributed by atoms with van der Waals surface area (Å²) in [4.78, 5) is 1.33. The molecule has 0 bridgehead atoms. The van der Waals surface area contributed by atoms with E-state index >= 15 is 0 Å². The molecule has 0 atom stereocenters. The van der Waals surface area contributed by atoms with Crippen LogP contribution in [0.2, 0.25) is 4.34 Å². The van der Waals surface area contributed by atoms with Crippen molar-refractivity contribution in [3.8, 4) is 0 Å². The maximum Gasteiger partial charge on any atom is 0.0931 e. The highest BCUT2D eigenvalue weighted by Crippen LogP contribution is 2.21. The topological polar surface area (TPSA) is 24.1 Å². The van der Waals surface area contributed by atoms with Crippen molar-refractivity contribution in [1.29, 1.82) is 0 Å². The van der Waals surface area contributed by atoms with Gasteiger partial charge in [-0.3, -0.25) is 0 Å². The molecule has 0 amide bonds. The molecule has 15 heavy (non-hydrogen) atoms. The van der Waals surface area contributed by atoms with Crippen LogP contribution in [0.4, 0.5) is 0 Å². The second kappa shape index (κ2) is 5.85. The van der Waals surface area contributed by atoms with Crippen LogP contribution in [0.5, 0.6) is 0 Å². The molecule has 2 rings (SSSR count). The summed E-state index contributed by atoms with van der Waals surface area (Å²) < 4.78 is 0.883. The minimum atomic E-state index is 0.849. The Balaban J connectivity index is 1.65. The van der Waals surface area contributed by atoms with Gasteiger partial charge in [-0.2, -0.15) is 0 Å². The third-order valence-corrected chi connectivity index (χ3v) is 4.05. The Hall–Kier alpha value is -0.0900. The SMILES string of the molecule is Clc1ccc(CNCC2CCNCC2)s1. The molecule has 1 aliphatic heterocycles. The Morgan fingerprint density at radius 1 is 1.40 bits per heavy atom. The molecule has 1 aromatic rings. The van der Waals surface area contributed by atoms with Crippen LogP contribution in [0.1, 0.15) is 17.7 Å². The molecule has 2 nitrogen and oxygen atoms in total. The predicted molar refractivity (Wildman–Crippen MR) is 66.6 cm³/mol. The molecule has 0 radical (unpaired) electrons. The van der Waals surface area contributed by atoms with Crippen LogP contribution in [0, 0.1) is 5.92 Å². The second-order valence-electron chi connectivity index (χ2n) is 4.03. The summed E-state index contributed by atoms with van der Waals surface area (Å²) in [7, 11) is 0. The molecule has 2 heterocycles. The summed E-state index contributed by atoms with van der Waals surface area (Å²) in [6.45, 7) is 4.45. The second-order valence-corrected chi connectivity index (χ2v) is 5.83. The lowest BCUT2D eigenvalue weighted by atomic mass is 9.98. The first-order valence-corrected chi connectivity index (χ1v) is 6.69. The average molecular weight is 245 g/mol. The van der Waals surface area contributed by atoms with Crippen molar-refractivity contribution >= 4 is 22.9 Å². The Morgan fingerprint density at radius 2 is 2.20 bits per heavy atom. The third kappa shape index (κ3) is 3.76. The van der Waals surface area contributed by atoms with Gasteiger partial charge in [-0.1, -0.05) is 11.6 Å². The first-order chi connectivity index (χ1) is 7.34. The van der Waals surface area contributed by atoms with E-state index in [2.05, 4.69) is 16.7 Å². The standard InChI is InChI=1S/C11H17ClN2S/c12-11-2-1-10(15-11)8-14-7-9-3-5-13-6-4-9/h1-2,9,13-14H,3-8H2. The van der Waals surface area contributed by atoms with Crippen molar-refractivity contribution in [2.24, 2.45) is 5.92 Å². The van der Waals surface area contributed by atoms with Crippen molar-refractivity contribution in [3.05, 3.63) is 21.3 Å². The zero-order valence-corrected chi connectivity index (χ0v) is 10.3. The zero-order valence-electron chi connectivity index (χ0n) is 8.76. The number of thiophene rings is 1. The van der Waals surface area contributed by atoms with Crippen LogP contribution < -0.4 is 10.6 Å². The lowest BCUT2D eigenvalue weighted by Gasteiger charge is -2.22. The van der Waals surface area contributed by atoms with Crippen LogP contribution in [-0.2, 0) is 6.54 Å². The molecule has 0 aliphatic carbocycles. The monoisotopic (exact) mass is 244 g/mol. The summed E-state index contributed by atoms with van der Waals surface area (Å²) in [5, 5.41) is 6.89. The van der Waals surface area contributed by atoms with E-state index in [1.54, 1.807) is 11.3 Å². The lowest BCUT2D eigenvalue weighted by molar-refractivity contribution is 0.357. The normalized spacial score (nSPS) is 18.2. The lowest BCUT2D eigenvalue weighted by Crippen LogP contribution is -2.33. The van der Waals surface area contributed by atoms with Gasteiger partial charge in [-0.05, 0) is 50.5 Å². The van der Waals surface area contributed by atoms with E-state index in [9.17, 15) is 0 Å². The van der Waals surface area contributed by atoms with Crippen molar-refractivity contribution in [2.75, 3.05) is 19.6 Å². The van der Waals surface area contributed by atoms with Crippen molar-refractivity contribution in [3.63, 3.8) is 0 Å². The van der Waals surface area contributed by atoms with E-state index < -0.39 is 0 Å². The summed E-state index contributed by atoms with van der Waals surface area (Å²) >= 11 is 7.54. The number of nitrogens with one attached hydrogen (secondary N) is 2. The van der Waals surface area contributed by atoms with Crippen LogP contribution in [0.15, 0.2) is 12.1 Å². The summed E-state index contributed by atoms with van der Waals surface area (Å²) in [5.74, 6) is 0.849. The molecule has 2 N–H and O–H groups in total. The van der Waals surface area contributed by atoms with E-state index in [0.717, 1.165) is 23.3 Å². The first-order valence-electron chi connectivity index (χ1n) is 5.50. The van der Waals surface area contributed by atoms with Gasteiger partial charge in [-0.25, -0.2) is 0 Å². The summed E-state index contributed by atoms with van der Waals surface area (Å²) in [6, 6.07) is 4.07. The molecular weight excluding hydrogens is 228 g/mol. The minimum Gasteiger partial charge on any atom is -0.317 e. The van der Waals surface area contributed by atoms with Gasteiger partial charge in [0.2, 0.25) is 0 Å². The zero-order chi connectivity index (χ0) is 10.5. The van der Waals surface area contributed by atoms with Crippen molar-refractivity contribution in [1.82, 2.24) is 10.6 Å². The van der Waals surface area contributed by atoms with Gasteiger partial charge in [0.05, 0.1) is 4.34 Å². The van der Waals surface area contributed by atoms with Gasteiger partial charge in [-0.15, -0.1) is 11.3 Å². The number of halogens is 1.